The van der Waals surface area contributed by atoms with Crippen LogP contribution in [0.3, 0.4) is 0 Å². The summed E-state index contributed by atoms with van der Waals surface area (Å²) in [5.41, 5.74) is 5.87. The van der Waals surface area contributed by atoms with Gasteiger partial charge in [-0.3, -0.25) is 10.1 Å². The number of phenolic OH excluding ortho intramolecular Hbond substituents is 1. The Morgan fingerprint density at radius 2 is 2.00 bits per heavy atom. The molecule has 0 bridgehead atoms. The Morgan fingerprint density at radius 1 is 1.27 bits per heavy atom. The molecule has 0 spiro atoms. The maximum Gasteiger partial charge on any atom is 0.270 e. The van der Waals surface area contributed by atoms with Crippen molar-refractivity contribution in [2.24, 2.45) is 0 Å². The number of fused-ring (bicyclic) bond motifs is 1. The van der Waals surface area contributed by atoms with Crippen molar-refractivity contribution in [1.29, 1.82) is 0 Å². The fourth-order valence-corrected chi connectivity index (χ4v) is 1.44. The number of hydrogen-bond acceptors (Lipinski definition) is 4. The quantitative estimate of drug-likeness (QED) is 0.322. The van der Waals surface area contributed by atoms with Crippen molar-refractivity contribution < 1.29 is 10.0 Å². The highest BCUT2D eigenvalue weighted by Gasteiger charge is 2.08. The van der Waals surface area contributed by atoms with E-state index in [0.717, 1.165) is 0 Å². The van der Waals surface area contributed by atoms with Gasteiger partial charge in [0.15, 0.2) is 0 Å². The summed E-state index contributed by atoms with van der Waals surface area (Å²) in [6.07, 6.45) is 0. The molecule has 76 valence electrons. The molecule has 3 N–H and O–H groups in total. The zero-order chi connectivity index (χ0) is 11.0. The third-order valence-electron chi connectivity index (χ3n) is 2.23. The van der Waals surface area contributed by atoms with Crippen LogP contribution < -0.4 is 5.73 Å². The van der Waals surface area contributed by atoms with E-state index >= 15 is 0 Å². The van der Waals surface area contributed by atoms with Gasteiger partial charge in [-0.1, -0.05) is 6.07 Å². The van der Waals surface area contributed by atoms with Crippen molar-refractivity contribution in [1.82, 2.24) is 0 Å². The van der Waals surface area contributed by atoms with E-state index in [2.05, 4.69) is 0 Å². The first-order chi connectivity index (χ1) is 7.09. The van der Waals surface area contributed by atoms with Gasteiger partial charge < -0.3 is 10.8 Å². The summed E-state index contributed by atoms with van der Waals surface area (Å²) in [6.45, 7) is 0. The molecule has 0 atom stereocenters. The number of nitro groups is 1. The molecule has 0 aliphatic rings. The minimum Gasteiger partial charge on any atom is -0.506 e. The zero-order valence-corrected chi connectivity index (χ0v) is 7.68. The predicted octanol–water partition coefficient (Wildman–Crippen LogP) is 2.04. The van der Waals surface area contributed by atoms with Crippen molar-refractivity contribution in [3.63, 3.8) is 0 Å². The Bertz CT molecular complexity index is 552. The Hall–Kier alpha value is -2.30. The second-order valence-corrected chi connectivity index (χ2v) is 3.16. The molecule has 0 amide bonds. The number of nitrogens with two attached hydrogens (primary N) is 1. The van der Waals surface area contributed by atoms with E-state index in [-0.39, 0.29) is 17.1 Å². The maximum absolute atomic E-state index is 10.5. The van der Waals surface area contributed by atoms with Crippen molar-refractivity contribution in [2.45, 2.75) is 0 Å². The number of hydrogen-bond donors (Lipinski definition) is 2. The molecule has 15 heavy (non-hydrogen) atoms. The van der Waals surface area contributed by atoms with Gasteiger partial charge in [0.1, 0.15) is 5.75 Å². The minimum atomic E-state index is -0.470. The summed E-state index contributed by atoms with van der Waals surface area (Å²) in [7, 11) is 0. The Balaban J connectivity index is 2.75. The molecule has 5 heteroatoms. The molecule has 2 aromatic rings. The third kappa shape index (κ3) is 1.43. The molecule has 2 aromatic carbocycles. The summed E-state index contributed by atoms with van der Waals surface area (Å²) >= 11 is 0. The topological polar surface area (TPSA) is 89.4 Å². The van der Waals surface area contributed by atoms with Gasteiger partial charge in [0.25, 0.3) is 5.69 Å². The molecule has 0 aliphatic heterocycles. The lowest BCUT2D eigenvalue weighted by atomic mass is 10.1. The van der Waals surface area contributed by atoms with Crippen LogP contribution >= 0.6 is 0 Å². The standard InChI is InChI=1S/C10H8N2O3/c11-10-8-3-2-7(12(14)15)5-6(8)1-4-9(10)13/h1-5,13H,11H2. The second-order valence-electron chi connectivity index (χ2n) is 3.16. The van der Waals surface area contributed by atoms with Crippen LogP contribution in [0.5, 0.6) is 5.75 Å². The van der Waals surface area contributed by atoms with Gasteiger partial charge >= 0.3 is 0 Å². The fraction of sp³-hybridized carbons (Fsp3) is 0. The van der Waals surface area contributed by atoms with Crippen LogP contribution in [0, 0.1) is 10.1 Å². The van der Waals surface area contributed by atoms with Gasteiger partial charge in [-0.25, -0.2) is 0 Å². The average Bonchev–Trinajstić information content (AvgIpc) is 2.23. The SMILES string of the molecule is Nc1c(O)ccc2cc([N+](=O)[O-])ccc12. The number of non-ortho nitro benzene ring substituents is 1. The van der Waals surface area contributed by atoms with E-state index in [1.54, 1.807) is 6.07 Å². The van der Waals surface area contributed by atoms with E-state index in [1.807, 2.05) is 0 Å². The molecule has 2 rings (SSSR count). The van der Waals surface area contributed by atoms with Crippen LogP contribution in [0.15, 0.2) is 30.3 Å². The summed E-state index contributed by atoms with van der Waals surface area (Å²) in [5.74, 6) is -0.0173. The molecular weight excluding hydrogens is 196 g/mol. The normalized spacial score (nSPS) is 10.4. The lowest BCUT2D eigenvalue weighted by Gasteiger charge is -2.03. The monoisotopic (exact) mass is 204 g/mol. The summed E-state index contributed by atoms with van der Waals surface area (Å²) in [5, 5.41) is 21.1. The summed E-state index contributed by atoms with van der Waals surface area (Å²) in [4.78, 5) is 10.1. The van der Waals surface area contributed by atoms with Gasteiger partial charge in [0.05, 0.1) is 10.6 Å². The molecule has 0 aromatic heterocycles. The highest BCUT2D eigenvalue weighted by molar-refractivity contribution is 5.96. The zero-order valence-electron chi connectivity index (χ0n) is 7.68. The first kappa shape index (κ1) is 9.26. The number of benzene rings is 2. The van der Waals surface area contributed by atoms with Gasteiger partial charge in [-0.05, 0) is 17.5 Å². The molecular formula is C10H8N2O3. The molecule has 0 heterocycles. The van der Waals surface area contributed by atoms with Crippen LogP contribution in [-0.4, -0.2) is 10.0 Å². The lowest BCUT2D eigenvalue weighted by molar-refractivity contribution is -0.384. The molecule has 5 nitrogen and oxygen atoms in total. The lowest BCUT2D eigenvalue weighted by Crippen LogP contribution is -1.90. The van der Waals surface area contributed by atoms with Crippen LogP contribution in [0.4, 0.5) is 11.4 Å². The van der Waals surface area contributed by atoms with Crippen LogP contribution in [0.1, 0.15) is 0 Å². The summed E-state index contributed by atoms with van der Waals surface area (Å²) in [6, 6.07) is 7.32. The average molecular weight is 204 g/mol. The van der Waals surface area contributed by atoms with Crippen molar-refractivity contribution >= 4 is 22.1 Å². The molecule has 0 fully saturated rings. The van der Waals surface area contributed by atoms with E-state index in [1.165, 1.54) is 24.3 Å². The Kier molecular flexibility index (Phi) is 1.93. The number of aromatic hydroxyl groups is 1. The van der Waals surface area contributed by atoms with Crippen LogP contribution in [-0.2, 0) is 0 Å². The Morgan fingerprint density at radius 3 is 2.67 bits per heavy atom. The predicted molar refractivity (Wildman–Crippen MR) is 56.7 cm³/mol. The van der Waals surface area contributed by atoms with Crippen molar-refractivity contribution in [3.8, 4) is 5.75 Å². The molecule has 0 unspecified atom stereocenters. The van der Waals surface area contributed by atoms with Crippen LogP contribution in [0.2, 0.25) is 0 Å². The van der Waals surface area contributed by atoms with E-state index < -0.39 is 4.92 Å². The number of nitrogens with zero attached hydrogens (tertiary/aromatic N) is 1. The molecule has 0 saturated carbocycles. The fourth-order valence-electron chi connectivity index (χ4n) is 1.44. The number of nitro benzene ring substituents is 1. The highest BCUT2D eigenvalue weighted by atomic mass is 16.6. The first-order valence-electron chi connectivity index (χ1n) is 4.25. The maximum atomic E-state index is 10.5. The Labute approximate surface area is 84.9 Å². The minimum absolute atomic E-state index is 0.00703. The highest BCUT2D eigenvalue weighted by Crippen LogP contribution is 2.31. The largest absolute Gasteiger partial charge is 0.506 e. The second kappa shape index (κ2) is 3.13. The molecule has 0 saturated heterocycles. The third-order valence-corrected chi connectivity index (χ3v) is 2.23. The van der Waals surface area contributed by atoms with Crippen molar-refractivity contribution in [3.05, 3.63) is 40.4 Å². The van der Waals surface area contributed by atoms with Crippen molar-refractivity contribution in [2.75, 3.05) is 5.73 Å². The number of anilines is 1. The van der Waals surface area contributed by atoms with Gasteiger partial charge in [-0.2, -0.15) is 0 Å². The summed E-state index contributed by atoms with van der Waals surface area (Å²) < 4.78 is 0. The van der Waals surface area contributed by atoms with E-state index in [4.69, 9.17) is 5.73 Å². The van der Waals surface area contributed by atoms with Gasteiger partial charge in [0.2, 0.25) is 0 Å². The van der Waals surface area contributed by atoms with E-state index in [9.17, 15) is 15.2 Å². The van der Waals surface area contributed by atoms with Gasteiger partial charge in [0, 0.05) is 17.5 Å². The smallest absolute Gasteiger partial charge is 0.270 e. The van der Waals surface area contributed by atoms with Crippen LogP contribution in [0.25, 0.3) is 10.8 Å². The number of rotatable bonds is 1. The molecule has 0 radical (unpaired) electrons. The van der Waals surface area contributed by atoms with Gasteiger partial charge in [-0.15, -0.1) is 0 Å². The molecule has 0 aliphatic carbocycles. The number of phenols is 1. The first-order valence-corrected chi connectivity index (χ1v) is 4.25. The number of nitrogen functional groups attached to an aromatic ring is 1. The van der Waals surface area contributed by atoms with E-state index in [0.29, 0.717) is 10.8 Å².